The lowest BCUT2D eigenvalue weighted by atomic mass is 10.0. The summed E-state index contributed by atoms with van der Waals surface area (Å²) in [6, 6.07) is 0. The molecule has 0 amide bonds. The number of rotatable bonds is 66. The van der Waals surface area contributed by atoms with Crippen molar-refractivity contribution in [1.82, 2.24) is 0 Å². The van der Waals surface area contributed by atoms with Gasteiger partial charge in [-0.2, -0.15) is 0 Å². The largest absolute Gasteiger partial charge is 0.477 e. The number of nitrogens with zero attached hydrogens (tertiary/aromatic N) is 1. The summed E-state index contributed by atoms with van der Waals surface area (Å²) >= 11 is 0. The zero-order chi connectivity index (χ0) is 64.7. The molecule has 0 rings (SSSR count). The van der Waals surface area contributed by atoms with Crippen molar-refractivity contribution >= 4 is 17.9 Å². The number of hydrogen-bond donors (Lipinski definition) is 1. The molecule has 0 aromatic heterocycles. The third kappa shape index (κ3) is 70.7. The van der Waals surface area contributed by atoms with E-state index in [1.54, 1.807) is 0 Å². The van der Waals surface area contributed by atoms with Crippen LogP contribution in [0.5, 0.6) is 0 Å². The summed E-state index contributed by atoms with van der Waals surface area (Å²) < 4.78 is 23.0. The lowest BCUT2D eigenvalue weighted by Gasteiger charge is -2.25. The second kappa shape index (κ2) is 69.3. The molecule has 0 heterocycles. The van der Waals surface area contributed by atoms with Crippen LogP contribution in [0.25, 0.3) is 0 Å². The molecule has 0 radical (unpaired) electrons. The predicted molar refractivity (Wildman–Crippen MR) is 382 cm³/mol. The molecule has 0 spiro atoms. The molecule has 0 aliphatic carbocycles. The maximum absolute atomic E-state index is 13.0. The fraction of sp³-hybridized carbons (Fsp3) is 0.688. The average Bonchev–Trinajstić information content (AvgIpc) is 3.64. The summed E-state index contributed by atoms with van der Waals surface area (Å²) in [5.41, 5.74) is 0. The molecule has 0 saturated carbocycles. The first-order valence-corrected chi connectivity index (χ1v) is 36.3. The molecule has 0 aliphatic heterocycles. The van der Waals surface area contributed by atoms with Gasteiger partial charge >= 0.3 is 17.9 Å². The number of quaternary nitrogens is 1. The number of carboxylic acid groups (broad SMARTS) is 1. The van der Waals surface area contributed by atoms with E-state index >= 15 is 0 Å². The van der Waals surface area contributed by atoms with Crippen LogP contribution in [0.3, 0.4) is 0 Å². The Morgan fingerprint density at radius 2 is 0.607 bits per heavy atom. The van der Waals surface area contributed by atoms with Gasteiger partial charge in [-0.25, -0.2) is 4.79 Å². The van der Waals surface area contributed by atoms with E-state index in [4.69, 9.17) is 18.9 Å². The van der Waals surface area contributed by atoms with Crippen molar-refractivity contribution in [2.75, 3.05) is 47.5 Å². The monoisotopic (exact) mass is 1240 g/mol. The number of aliphatic carboxylic acids is 1. The fourth-order valence-corrected chi connectivity index (χ4v) is 9.93. The van der Waals surface area contributed by atoms with Gasteiger partial charge in [0, 0.05) is 12.8 Å². The second-order valence-electron chi connectivity index (χ2n) is 25.1. The number of carboxylic acids is 1. The smallest absolute Gasteiger partial charge is 0.361 e. The van der Waals surface area contributed by atoms with E-state index in [0.717, 1.165) is 116 Å². The van der Waals surface area contributed by atoms with Crippen molar-refractivity contribution in [3.63, 3.8) is 0 Å². The number of unbranched alkanes of at least 4 members (excludes halogenated alkanes) is 29. The van der Waals surface area contributed by atoms with E-state index < -0.39 is 24.3 Å². The molecule has 9 nitrogen and oxygen atoms in total. The van der Waals surface area contributed by atoms with Crippen LogP contribution in [0.15, 0.2) is 134 Å². The lowest BCUT2D eigenvalue weighted by Crippen LogP contribution is -2.40. The van der Waals surface area contributed by atoms with Crippen molar-refractivity contribution in [3.05, 3.63) is 134 Å². The molecule has 0 bridgehead atoms. The molecular weight excluding hydrogens is 1100 g/mol. The number of hydrogen-bond acceptors (Lipinski definition) is 7. The molecule has 0 aliphatic rings. The van der Waals surface area contributed by atoms with Gasteiger partial charge in [-0.05, 0) is 109 Å². The summed E-state index contributed by atoms with van der Waals surface area (Å²) in [6.07, 6.45) is 97.2. The van der Waals surface area contributed by atoms with E-state index in [1.807, 2.05) is 21.1 Å². The number of allylic oxidation sites excluding steroid dienone is 22. The Morgan fingerprint density at radius 3 is 0.899 bits per heavy atom. The Kier molecular flexibility index (Phi) is 65.8. The number of carbonyl (C=O) groups is 3. The topological polar surface area (TPSA) is 108 Å². The summed E-state index contributed by atoms with van der Waals surface area (Å²) in [6.45, 7) is 4.66. The molecule has 0 aromatic rings. The Hall–Kier alpha value is -4.57. The summed E-state index contributed by atoms with van der Waals surface area (Å²) in [4.78, 5) is 37.6. The minimum atomic E-state index is -1.52. The lowest BCUT2D eigenvalue weighted by molar-refractivity contribution is -0.870. The average molecular weight is 1240 g/mol. The van der Waals surface area contributed by atoms with Crippen LogP contribution in [-0.2, 0) is 33.3 Å². The first-order chi connectivity index (χ1) is 43.6. The quantitative estimate of drug-likeness (QED) is 0.0211. The third-order valence-electron chi connectivity index (χ3n) is 15.4. The summed E-state index contributed by atoms with van der Waals surface area (Å²) in [5.74, 6) is -2.01. The highest BCUT2D eigenvalue weighted by atomic mass is 16.7. The number of ether oxygens (including phenoxy) is 4. The van der Waals surface area contributed by atoms with Crippen molar-refractivity contribution < 1.29 is 42.9 Å². The zero-order valence-corrected chi connectivity index (χ0v) is 58.0. The molecule has 0 fully saturated rings. The molecule has 508 valence electrons. The van der Waals surface area contributed by atoms with Crippen LogP contribution in [0.4, 0.5) is 0 Å². The van der Waals surface area contributed by atoms with Crippen LogP contribution in [-0.4, -0.2) is 87.4 Å². The molecule has 0 aromatic carbocycles. The molecule has 1 N–H and O–H groups in total. The summed E-state index contributed by atoms with van der Waals surface area (Å²) in [5, 5.41) is 9.75. The van der Waals surface area contributed by atoms with Gasteiger partial charge in [0.25, 0.3) is 6.29 Å². The van der Waals surface area contributed by atoms with Gasteiger partial charge in [0.05, 0.1) is 34.4 Å². The van der Waals surface area contributed by atoms with E-state index in [2.05, 4.69) is 148 Å². The standard InChI is InChI=1S/C80H135NO8/c1-6-8-10-12-14-16-18-20-22-24-26-28-30-31-32-33-34-35-36-37-38-39-40-41-42-43-44-45-46-47-49-51-53-55-57-59-61-63-65-67-69-71-78(83)89-76(75-88-80(79(84)85)86-73-72-81(3,4)5)74-87-77(82)70-68-66-64-62-60-58-56-54-52-50-48-29-27-25-23-21-19-17-15-13-11-9-7-2/h8-11,14-17,20-23,26-29,31-32,34-35,37-38,76,80H,6-7,12-13,18-19,24-25,30,33,36,39-75H2,1-5H3/p+1/b10-8-,11-9-,16-14-,17-15-,22-20-,23-21-,28-26-,29-27-,32-31-,35-34-,38-37-. The Bertz CT molecular complexity index is 1930. The highest BCUT2D eigenvalue weighted by Gasteiger charge is 2.25. The minimum absolute atomic E-state index is 0.183. The number of esters is 2. The highest BCUT2D eigenvalue weighted by Crippen LogP contribution is 2.17. The van der Waals surface area contributed by atoms with E-state index in [1.165, 1.54) is 154 Å². The SMILES string of the molecule is CC/C=C\C/C=C\C/C=C\C/C=C\C/C=C\C/C=C\C/C=C\CCCCCCCCCCCCCCCCCCCCCC(=O)OC(COC(=O)CCCCCCCCCCCC/C=C\C/C=C\C/C=C\C/C=C\CC)COC(OCC[N+](C)(C)C)C(=O)O. The van der Waals surface area contributed by atoms with Gasteiger partial charge in [-0.1, -0.05) is 308 Å². The number of carbonyl (C=O) groups excluding carboxylic acids is 2. The fourth-order valence-electron chi connectivity index (χ4n) is 9.93. The van der Waals surface area contributed by atoms with Crippen LogP contribution in [0.1, 0.15) is 296 Å². The van der Waals surface area contributed by atoms with Crippen molar-refractivity contribution in [2.45, 2.75) is 309 Å². The van der Waals surface area contributed by atoms with Crippen molar-refractivity contribution in [3.8, 4) is 0 Å². The molecule has 2 atom stereocenters. The molecule has 2 unspecified atom stereocenters. The van der Waals surface area contributed by atoms with Gasteiger partial charge in [0.1, 0.15) is 13.2 Å². The maximum Gasteiger partial charge on any atom is 0.361 e. The Balaban J connectivity index is 4.05. The van der Waals surface area contributed by atoms with E-state index in [-0.39, 0.29) is 32.2 Å². The number of likely N-dealkylation sites (N-methyl/N-ethyl adjacent to an activating group) is 1. The first kappa shape index (κ1) is 84.4. The molecule has 0 saturated heterocycles. The van der Waals surface area contributed by atoms with Crippen LogP contribution < -0.4 is 0 Å². The minimum Gasteiger partial charge on any atom is -0.477 e. The highest BCUT2D eigenvalue weighted by molar-refractivity contribution is 5.71. The van der Waals surface area contributed by atoms with Gasteiger partial charge in [0.2, 0.25) is 0 Å². The van der Waals surface area contributed by atoms with Gasteiger partial charge < -0.3 is 28.5 Å². The third-order valence-corrected chi connectivity index (χ3v) is 15.4. The first-order valence-electron chi connectivity index (χ1n) is 36.3. The van der Waals surface area contributed by atoms with Gasteiger partial charge in [-0.15, -0.1) is 0 Å². The normalized spacial score (nSPS) is 13.5. The van der Waals surface area contributed by atoms with Gasteiger partial charge in [-0.3, -0.25) is 9.59 Å². The Labute approximate surface area is 548 Å². The summed E-state index contributed by atoms with van der Waals surface area (Å²) in [7, 11) is 5.98. The zero-order valence-electron chi connectivity index (χ0n) is 58.0. The second-order valence-corrected chi connectivity index (χ2v) is 25.1. The van der Waals surface area contributed by atoms with Crippen molar-refractivity contribution in [2.24, 2.45) is 0 Å². The van der Waals surface area contributed by atoms with E-state index in [9.17, 15) is 19.5 Å². The Morgan fingerprint density at radius 1 is 0.337 bits per heavy atom. The van der Waals surface area contributed by atoms with Crippen LogP contribution in [0, 0.1) is 0 Å². The van der Waals surface area contributed by atoms with E-state index in [0.29, 0.717) is 17.4 Å². The predicted octanol–water partition coefficient (Wildman–Crippen LogP) is 22.9. The van der Waals surface area contributed by atoms with Crippen LogP contribution >= 0.6 is 0 Å². The molecule has 9 heteroatoms. The molecular formula is C80H136NO8+. The van der Waals surface area contributed by atoms with Gasteiger partial charge in [0.15, 0.2) is 6.10 Å². The maximum atomic E-state index is 13.0. The van der Waals surface area contributed by atoms with Crippen LogP contribution in [0.2, 0.25) is 0 Å². The molecule has 89 heavy (non-hydrogen) atoms. The van der Waals surface area contributed by atoms with Crippen molar-refractivity contribution in [1.29, 1.82) is 0 Å².